The van der Waals surface area contributed by atoms with E-state index in [9.17, 15) is 9.90 Å². The minimum atomic E-state index is -1.03. The second-order valence-corrected chi connectivity index (χ2v) is 10.4. The summed E-state index contributed by atoms with van der Waals surface area (Å²) in [7, 11) is 0. The molecule has 4 aromatic carbocycles. The summed E-state index contributed by atoms with van der Waals surface area (Å²) in [5, 5.41) is 11.7. The Morgan fingerprint density at radius 2 is 1.74 bits per heavy atom. The number of thioether (sulfide) groups is 1. The number of hydrogen-bond donors (Lipinski definition) is 1. The lowest BCUT2D eigenvalue weighted by Gasteiger charge is -2.12. The van der Waals surface area contributed by atoms with E-state index in [1.807, 2.05) is 73.0 Å². The Kier molecular flexibility index (Phi) is 6.85. The highest BCUT2D eigenvalue weighted by molar-refractivity contribution is 7.98. The van der Waals surface area contributed by atoms with Crippen LogP contribution in [0.2, 0.25) is 5.02 Å². The molecule has 2 heterocycles. The van der Waals surface area contributed by atoms with Crippen molar-refractivity contribution in [1.82, 2.24) is 4.57 Å². The zero-order valence-electron chi connectivity index (χ0n) is 21.0. The van der Waals surface area contributed by atoms with Gasteiger partial charge in [-0.05, 0) is 59.3 Å². The Balaban J connectivity index is 1.45. The third kappa shape index (κ3) is 4.91. The molecule has 0 bridgehead atoms. The second-order valence-electron chi connectivity index (χ2n) is 9.09. The van der Waals surface area contributed by atoms with Crippen LogP contribution in [0.15, 0.2) is 89.8 Å². The van der Waals surface area contributed by atoms with Gasteiger partial charge in [-0.25, -0.2) is 4.79 Å². The molecule has 0 aliphatic carbocycles. The summed E-state index contributed by atoms with van der Waals surface area (Å²) in [6.45, 7) is 0.771. The summed E-state index contributed by atoms with van der Waals surface area (Å²) in [6.07, 6.45) is 2.04. The van der Waals surface area contributed by atoms with Crippen molar-refractivity contribution in [3.05, 3.63) is 107 Å². The van der Waals surface area contributed by atoms with Crippen LogP contribution in [0.1, 0.15) is 21.6 Å². The van der Waals surface area contributed by atoms with Crippen molar-refractivity contribution in [2.45, 2.75) is 18.0 Å². The number of aromatic nitrogens is 1. The largest absolute Gasteiger partial charge is 0.489 e. The minimum Gasteiger partial charge on any atom is -0.489 e. The lowest BCUT2D eigenvalue weighted by molar-refractivity contribution is 0.0687. The van der Waals surface area contributed by atoms with E-state index in [1.54, 1.807) is 22.4 Å². The third-order valence-electron chi connectivity index (χ3n) is 6.73. The molecule has 6 rings (SSSR count). The first-order valence-corrected chi connectivity index (χ1v) is 13.9. The van der Waals surface area contributed by atoms with Crippen molar-refractivity contribution in [2.24, 2.45) is 0 Å². The van der Waals surface area contributed by atoms with E-state index in [4.69, 9.17) is 25.8 Å². The van der Waals surface area contributed by atoms with Gasteiger partial charge in [0.1, 0.15) is 18.1 Å². The molecule has 196 valence electrons. The van der Waals surface area contributed by atoms with E-state index in [0.717, 1.165) is 27.6 Å². The molecule has 0 spiro atoms. The number of rotatable bonds is 8. The molecule has 0 unspecified atom stereocenters. The first-order chi connectivity index (χ1) is 19.0. The fourth-order valence-corrected chi connectivity index (χ4v) is 5.47. The number of carbonyl (C=O) groups is 1. The van der Waals surface area contributed by atoms with Gasteiger partial charge < -0.3 is 23.9 Å². The summed E-state index contributed by atoms with van der Waals surface area (Å²) >= 11 is 8.28. The number of hydrogen-bond acceptors (Lipinski definition) is 5. The zero-order valence-corrected chi connectivity index (χ0v) is 22.6. The van der Waals surface area contributed by atoms with E-state index in [2.05, 4.69) is 12.1 Å². The van der Waals surface area contributed by atoms with Gasteiger partial charge in [-0.3, -0.25) is 0 Å². The maximum atomic E-state index is 12.8. The third-order valence-corrected chi connectivity index (χ3v) is 7.83. The minimum absolute atomic E-state index is 0.130. The molecule has 0 fully saturated rings. The van der Waals surface area contributed by atoms with Crippen LogP contribution >= 0.6 is 23.4 Å². The van der Waals surface area contributed by atoms with E-state index in [-0.39, 0.29) is 19.0 Å². The highest BCUT2D eigenvalue weighted by Crippen LogP contribution is 2.40. The van der Waals surface area contributed by atoms with Crippen LogP contribution in [0.3, 0.4) is 0 Å². The molecule has 1 aromatic heterocycles. The Morgan fingerprint density at radius 1 is 1.00 bits per heavy atom. The van der Waals surface area contributed by atoms with Gasteiger partial charge in [0.05, 0.1) is 6.54 Å². The SMILES string of the molecule is CSc1ccc(COc2ccc3c(c2)c(-c2ccccc2)c(C(=O)O)n3Cc2cc3c(cc2Cl)OCO3)cc1. The van der Waals surface area contributed by atoms with Crippen LogP contribution in [0.4, 0.5) is 0 Å². The van der Waals surface area contributed by atoms with Gasteiger partial charge in [-0.2, -0.15) is 0 Å². The zero-order chi connectivity index (χ0) is 26.9. The Bertz CT molecular complexity index is 1680. The molecule has 1 aliphatic rings. The predicted octanol–water partition coefficient (Wildman–Crippen LogP) is 7.74. The van der Waals surface area contributed by atoms with Crippen molar-refractivity contribution in [2.75, 3.05) is 13.0 Å². The number of fused-ring (bicyclic) bond motifs is 2. The summed E-state index contributed by atoms with van der Waals surface area (Å²) in [4.78, 5) is 14.0. The van der Waals surface area contributed by atoms with Gasteiger partial charge in [0.15, 0.2) is 11.5 Å². The Morgan fingerprint density at radius 3 is 2.46 bits per heavy atom. The van der Waals surface area contributed by atoms with E-state index >= 15 is 0 Å². The highest BCUT2D eigenvalue weighted by atomic mass is 35.5. The van der Waals surface area contributed by atoms with Gasteiger partial charge in [0, 0.05) is 32.5 Å². The molecule has 0 saturated heterocycles. The Hall–Kier alpha value is -4.07. The summed E-state index contributed by atoms with van der Waals surface area (Å²) in [5.74, 6) is 0.795. The van der Waals surface area contributed by atoms with Crippen LogP contribution < -0.4 is 14.2 Å². The van der Waals surface area contributed by atoms with Crippen LogP contribution in [-0.2, 0) is 13.2 Å². The van der Waals surface area contributed by atoms with Crippen LogP contribution in [-0.4, -0.2) is 28.7 Å². The first kappa shape index (κ1) is 25.2. The fourth-order valence-electron chi connectivity index (χ4n) is 4.85. The molecule has 1 aliphatic heterocycles. The van der Waals surface area contributed by atoms with Gasteiger partial charge >= 0.3 is 5.97 Å². The highest BCUT2D eigenvalue weighted by Gasteiger charge is 2.25. The average Bonchev–Trinajstić information content (AvgIpc) is 3.54. The number of benzene rings is 4. The molecule has 0 atom stereocenters. The molecule has 6 nitrogen and oxygen atoms in total. The summed E-state index contributed by atoms with van der Waals surface area (Å²) in [5.41, 5.74) is 4.16. The van der Waals surface area contributed by atoms with E-state index in [1.165, 1.54) is 4.90 Å². The molecule has 8 heteroatoms. The van der Waals surface area contributed by atoms with E-state index in [0.29, 0.717) is 34.4 Å². The maximum absolute atomic E-state index is 12.8. The van der Waals surface area contributed by atoms with Gasteiger partial charge in [-0.1, -0.05) is 54.1 Å². The van der Waals surface area contributed by atoms with Gasteiger partial charge in [0.2, 0.25) is 6.79 Å². The number of carboxylic acids is 1. The van der Waals surface area contributed by atoms with Gasteiger partial charge in [0.25, 0.3) is 0 Å². The van der Waals surface area contributed by atoms with Crippen LogP contribution in [0.5, 0.6) is 17.2 Å². The second kappa shape index (κ2) is 10.6. The van der Waals surface area contributed by atoms with Crippen molar-refractivity contribution >= 4 is 40.2 Å². The number of carboxylic acid groups (broad SMARTS) is 1. The average molecular weight is 558 g/mol. The Labute approximate surface area is 234 Å². The predicted molar refractivity (Wildman–Crippen MR) is 154 cm³/mol. The van der Waals surface area contributed by atoms with Crippen molar-refractivity contribution in [3.8, 4) is 28.4 Å². The quantitative estimate of drug-likeness (QED) is 0.197. The van der Waals surface area contributed by atoms with Crippen LogP contribution in [0.25, 0.3) is 22.0 Å². The molecule has 0 amide bonds. The lowest BCUT2D eigenvalue weighted by atomic mass is 10.0. The molecular weight excluding hydrogens is 534 g/mol. The molecule has 39 heavy (non-hydrogen) atoms. The smallest absolute Gasteiger partial charge is 0.353 e. The van der Waals surface area contributed by atoms with Crippen LogP contribution in [0, 0.1) is 0 Å². The van der Waals surface area contributed by atoms with Gasteiger partial charge in [-0.15, -0.1) is 11.8 Å². The van der Waals surface area contributed by atoms with Crippen molar-refractivity contribution in [1.29, 1.82) is 0 Å². The van der Waals surface area contributed by atoms with Crippen molar-refractivity contribution in [3.63, 3.8) is 0 Å². The number of aromatic carboxylic acids is 1. The first-order valence-electron chi connectivity index (χ1n) is 12.3. The lowest BCUT2D eigenvalue weighted by Crippen LogP contribution is -2.11. The molecule has 5 aromatic rings. The molecular formula is C31H24ClNO5S. The van der Waals surface area contributed by atoms with Crippen molar-refractivity contribution < 1.29 is 24.1 Å². The normalized spacial score (nSPS) is 12.2. The summed E-state index contributed by atoms with van der Waals surface area (Å²) in [6, 6.07) is 27.0. The standard InChI is InChI=1S/C31H24ClNO5S/c1-39-23-10-7-19(8-11-23)17-36-22-9-12-26-24(14-22)29(20-5-3-2-4-6-20)30(31(34)35)33(26)16-21-13-27-28(15-25(21)32)38-18-37-27/h2-15H,16-18H2,1H3,(H,34,35). The number of nitrogens with zero attached hydrogens (tertiary/aromatic N) is 1. The molecule has 1 N–H and O–H groups in total. The summed E-state index contributed by atoms with van der Waals surface area (Å²) < 4.78 is 18.9. The monoisotopic (exact) mass is 557 g/mol. The molecule has 0 radical (unpaired) electrons. The topological polar surface area (TPSA) is 69.9 Å². The number of ether oxygens (including phenoxy) is 3. The fraction of sp³-hybridized carbons (Fsp3) is 0.129. The maximum Gasteiger partial charge on any atom is 0.353 e. The molecule has 0 saturated carbocycles. The van der Waals surface area contributed by atoms with E-state index < -0.39 is 5.97 Å². The number of halogens is 1.